The summed E-state index contributed by atoms with van der Waals surface area (Å²) in [6.07, 6.45) is 4.16. The van der Waals surface area contributed by atoms with Gasteiger partial charge in [-0.1, -0.05) is 0 Å². The Bertz CT molecular complexity index is 865. The second-order valence-electron chi connectivity index (χ2n) is 6.00. The van der Waals surface area contributed by atoms with Crippen LogP contribution in [0.5, 0.6) is 0 Å². The number of amides is 1. The molecule has 0 atom stereocenters. The molecule has 5 nitrogen and oxygen atoms in total. The highest BCUT2D eigenvalue weighted by Gasteiger charge is 2.17. The largest absolute Gasteiger partial charge is 0.357 e. The Morgan fingerprint density at radius 3 is 2.76 bits per heavy atom. The van der Waals surface area contributed by atoms with Gasteiger partial charge in [0.1, 0.15) is 15.7 Å². The average Bonchev–Trinajstić information content (AvgIpc) is 3.37. The molecule has 3 aromatic heterocycles. The van der Waals surface area contributed by atoms with Gasteiger partial charge >= 0.3 is 0 Å². The van der Waals surface area contributed by atoms with Crippen LogP contribution in [0.4, 0.5) is 11.5 Å². The van der Waals surface area contributed by atoms with Crippen LogP contribution in [0.3, 0.4) is 0 Å². The van der Waals surface area contributed by atoms with Gasteiger partial charge in [-0.2, -0.15) is 11.3 Å². The van der Waals surface area contributed by atoms with Crippen molar-refractivity contribution in [2.75, 3.05) is 23.3 Å². The summed E-state index contributed by atoms with van der Waals surface area (Å²) in [5, 5.41) is 7.87. The topological polar surface area (TPSA) is 58.1 Å². The van der Waals surface area contributed by atoms with Gasteiger partial charge in [0.05, 0.1) is 17.6 Å². The molecule has 1 saturated heterocycles. The van der Waals surface area contributed by atoms with Crippen molar-refractivity contribution in [1.29, 1.82) is 0 Å². The summed E-state index contributed by atoms with van der Waals surface area (Å²) in [5.74, 6) is 0.844. The molecule has 0 aliphatic carbocycles. The lowest BCUT2D eigenvalue weighted by Crippen LogP contribution is -2.19. The van der Waals surface area contributed by atoms with Gasteiger partial charge in [0, 0.05) is 24.0 Å². The average molecular weight is 371 g/mol. The molecule has 1 aliphatic rings. The van der Waals surface area contributed by atoms with E-state index in [9.17, 15) is 4.79 Å². The summed E-state index contributed by atoms with van der Waals surface area (Å²) < 4.78 is 0. The van der Waals surface area contributed by atoms with Gasteiger partial charge in [-0.3, -0.25) is 4.79 Å². The first kappa shape index (κ1) is 16.2. The van der Waals surface area contributed by atoms with Gasteiger partial charge in [0.2, 0.25) is 0 Å². The Morgan fingerprint density at radius 2 is 2.08 bits per heavy atom. The van der Waals surface area contributed by atoms with Gasteiger partial charge in [-0.25, -0.2) is 9.97 Å². The summed E-state index contributed by atoms with van der Waals surface area (Å²) >= 11 is 3.05. The van der Waals surface area contributed by atoms with E-state index in [1.807, 2.05) is 35.9 Å². The molecule has 4 heterocycles. The number of rotatable bonds is 4. The molecule has 1 amide bonds. The second kappa shape index (κ2) is 6.93. The third-order valence-electron chi connectivity index (χ3n) is 4.21. The summed E-state index contributed by atoms with van der Waals surface area (Å²) in [4.78, 5) is 24.5. The van der Waals surface area contributed by atoms with Crippen molar-refractivity contribution >= 4 is 40.1 Å². The molecular formula is C18H18N4OS2. The van der Waals surface area contributed by atoms with E-state index in [4.69, 9.17) is 0 Å². The highest BCUT2D eigenvalue weighted by atomic mass is 32.1. The van der Waals surface area contributed by atoms with Gasteiger partial charge in [-0.05, 0) is 43.3 Å². The van der Waals surface area contributed by atoms with E-state index in [2.05, 4.69) is 20.2 Å². The Hall–Kier alpha value is -2.25. The molecule has 3 aromatic rings. The van der Waals surface area contributed by atoms with Gasteiger partial charge in [0.15, 0.2) is 0 Å². The minimum Gasteiger partial charge on any atom is -0.357 e. The fourth-order valence-corrected chi connectivity index (χ4v) is 4.57. The highest BCUT2D eigenvalue weighted by Crippen LogP contribution is 2.30. The third-order valence-corrected chi connectivity index (χ3v) is 6.10. The fraction of sp³-hybridized carbons (Fsp3) is 0.278. The highest BCUT2D eigenvalue weighted by molar-refractivity contribution is 7.17. The quantitative estimate of drug-likeness (QED) is 0.738. The summed E-state index contributed by atoms with van der Waals surface area (Å²) in [6, 6.07) is 5.90. The van der Waals surface area contributed by atoms with E-state index >= 15 is 0 Å². The molecule has 128 valence electrons. The summed E-state index contributed by atoms with van der Waals surface area (Å²) in [7, 11) is 0. The predicted molar refractivity (Wildman–Crippen MR) is 104 cm³/mol. The maximum Gasteiger partial charge on any atom is 0.267 e. The minimum atomic E-state index is -0.132. The molecular weight excluding hydrogens is 352 g/mol. The van der Waals surface area contributed by atoms with Crippen LogP contribution >= 0.6 is 22.7 Å². The van der Waals surface area contributed by atoms with Crippen molar-refractivity contribution in [1.82, 2.24) is 9.97 Å². The standard InChI is InChI=1S/C18H18N4OS2/c1-12-16(25-18(20-12)13-6-9-24-11-13)17(23)21-14-4-5-15(19-10-14)22-7-2-3-8-22/h4-6,9-11H,2-3,7-8H2,1H3,(H,21,23). The van der Waals surface area contributed by atoms with E-state index in [0.29, 0.717) is 10.6 Å². The molecule has 0 aromatic carbocycles. The third kappa shape index (κ3) is 3.43. The number of hydrogen-bond donors (Lipinski definition) is 1. The van der Waals surface area contributed by atoms with Crippen LogP contribution < -0.4 is 10.2 Å². The van der Waals surface area contributed by atoms with Crippen molar-refractivity contribution in [3.8, 4) is 10.6 Å². The smallest absolute Gasteiger partial charge is 0.267 e. The normalized spacial score (nSPS) is 14.0. The lowest BCUT2D eigenvalue weighted by atomic mass is 10.3. The van der Waals surface area contributed by atoms with Crippen LogP contribution in [0.2, 0.25) is 0 Å². The van der Waals surface area contributed by atoms with Crippen molar-refractivity contribution in [3.63, 3.8) is 0 Å². The Balaban J connectivity index is 1.48. The maximum atomic E-state index is 12.6. The maximum absolute atomic E-state index is 12.6. The Kier molecular flexibility index (Phi) is 4.50. The van der Waals surface area contributed by atoms with Crippen LogP contribution in [0.15, 0.2) is 35.2 Å². The van der Waals surface area contributed by atoms with Crippen LogP contribution in [0, 0.1) is 6.92 Å². The minimum absolute atomic E-state index is 0.132. The number of nitrogens with one attached hydrogen (secondary N) is 1. The van der Waals surface area contributed by atoms with Crippen molar-refractivity contribution in [3.05, 3.63) is 45.7 Å². The number of aromatic nitrogens is 2. The zero-order chi connectivity index (χ0) is 17.2. The molecule has 0 radical (unpaired) electrons. The van der Waals surface area contributed by atoms with Crippen LogP contribution in [0.1, 0.15) is 28.2 Å². The van der Waals surface area contributed by atoms with E-state index in [1.54, 1.807) is 17.5 Å². The number of pyridine rings is 1. The lowest BCUT2D eigenvalue weighted by Gasteiger charge is -2.16. The number of carbonyl (C=O) groups is 1. The molecule has 1 N–H and O–H groups in total. The van der Waals surface area contributed by atoms with Gasteiger partial charge in [-0.15, -0.1) is 11.3 Å². The number of aryl methyl sites for hydroxylation is 1. The molecule has 0 unspecified atom stereocenters. The molecule has 4 rings (SSSR count). The number of nitrogens with zero attached hydrogens (tertiary/aromatic N) is 3. The number of carbonyl (C=O) groups excluding carboxylic acids is 1. The van der Waals surface area contributed by atoms with Crippen LogP contribution in [-0.2, 0) is 0 Å². The molecule has 0 bridgehead atoms. The first-order valence-corrected chi connectivity index (χ1v) is 9.99. The summed E-state index contributed by atoms with van der Waals surface area (Å²) in [5.41, 5.74) is 2.52. The molecule has 0 spiro atoms. The molecule has 1 fully saturated rings. The number of hydrogen-bond acceptors (Lipinski definition) is 6. The fourth-order valence-electron chi connectivity index (χ4n) is 2.90. The second-order valence-corrected chi connectivity index (χ2v) is 7.78. The van der Waals surface area contributed by atoms with Crippen LogP contribution in [-0.4, -0.2) is 29.0 Å². The molecule has 0 saturated carbocycles. The summed E-state index contributed by atoms with van der Waals surface area (Å²) in [6.45, 7) is 3.99. The van der Waals surface area contributed by atoms with Crippen LogP contribution in [0.25, 0.3) is 10.6 Å². The zero-order valence-electron chi connectivity index (χ0n) is 13.9. The van der Waals surface area contributed by atoms with Gasteiger partial charge < -0.3 is 10.2 Å². The molecule has 25 heavy (non-hydrogen) atoms. The zero-order valence-corrected chi connectivity index (χ0v) is 15.5. The molecule has 1 aliphatic heterocycles. The lowest BCUT2D eigenvalue weighted by molar-refractivity contribution is 0.103. The first-order valence-electron chi connectivity index (χ1n) is 8.23. The Labute approximate surface area is 154 Å². The van der Waals surface area contributed by atoms with E-state index in [0.717, 1.165) is 35.2 Å². The van der Waals surface area contributed by atoms with E-state index in [1.165, 1.54) is 24.2 Å². The predicted octanol–water partition coefficient (Wildman–Crippen LogP) is 4.43. The van der Waals surface area contributed by atoms with E-state index in [-0.39, 0.29) is 5.91 Å². The van der Waals surface area contributed by atoms with Crippen molar-refractivity contribution in [2.24, 2.45) is 0 Å². The van der Waals surface area contributed by atoms with E-state index < -0.39 is 0 Å². The Morgan fingerprint density at radius 1 is 1.24 bits per heavy atom. The molecule has 7 heteroatoms. The number of thiazole rings is 1. The van der Waals surface area contributed by atoms with Gasteiger partial charge in [0.25, 0.3) is 5.91 Å². The first-order chi connectivity index (χ1) is 12.2. The monoisotopic (exact) mass is 370 g/mol. The number of thiophene rings is 1. The number of anilines is 2. The SMILES string of the molecule is Cc1nc(-c2ccsc2)sc1C(=O)Nc1ccc(N2CCCC2)nc1. The van der Waals surface area contributed by atoms with Crippen molar-refractivity contribution < 1.29 is 4.79 Å². The van der Waals surface area contributed by atoms with Crippen molar-refractivity contribution in [2.45, 2.75) is 19.8 Å².